The van der Waals surface area contributed by atoms with Crippen LogP contribution < -0.4 is 5.32 Å². The van der Waals surface area contributed by atoms with Crippen LogP contribution in [0.15, 0.2) is 24.4 Å². The second-order valence-corrected chi connectivity index (χ2v) is 4.76. The Morgan fingerprint density at radius 3 is 2.68 bits per heavy atom. The molecule has 1 atom stereocenters. The van der Waals surface area contributed by atoms with Crippen molar-refractivity contribution in [2.75, 3.05) is 0 Å². The molecule has 0 saturated carbocycles. The standard InChI is InChI=1S/C14H19N3O2/c1-9(13-8-17(3)16-10(13)2)15-7-11-4-5-12(18)6-14(11)19/h4-6,8-9,15,18-19H,7H2,1-3H3. The van der Waals surface area contributed by atoms with Gasteiger partial charge in [-0.15, -0.1) is 0 Å². The minimum Gasteiger partial charge on any atom is -0.508 e. The lowest BCUT2D eigenvalue weighted by Gasteiger charge is -2.14. The fourth-order valence-electron chi connectivity index (χ4n) is 2.12. The van der Waals surface area contributed by atoms with Crippen molar-refractivity contribution >= 4 is 0 Å². The van der Waals surface area contributed by atoms with Crippen molar-refractivity contribution in [1.29, 1.82) is 0 Å². The van der Waals surface area contributed by atoms with E-state index in [1.807, 2.05) is 20.2 Å². The first-order chi connectivity index (χ1) is 8.97. The lowest BCUT2D eigenvalue weighted by Crippen LogP contribution is -2.18. The van der Waals surface area contributed by atoms with Gasteiger partial charge in [0, 0.05) is 43.0 Å². The van der Waals surface area contributed by atoms with Gasteiger partial charge in [0.05, 0.1) is 5.69 Å². The molecule has 19 heavy (non-hydrogen) atoms. The third-order valence-electron chi connectivity index (χ3n) is 3.19. The third kappa shape index (κ3) is 3.06. The van der Waals surface area contributed by atoms with Crippen LogP contribution in [0.3, 0.4) is 0 Å². The minimum absolute atomic E-state index is 0.0670. The van der Waals surface area contributed by atoms with E-state index in [0.29, 0.717) is 6.54 Å². The van der Waals surface area contributed by atoms with Gasteiger partial charge in [-0.25, -0.2) is 0 Å². The predicted octanol–water partition coefficient (Wildman–Crippen LogP) is 1.99. The Balaban J connectivity index is 2.04. The third-order valence-corrected chi connectivity index (χ3v) is 3.19. The number of benzene rings is 1. The Hall–Kier alpha value is -2.01. The molecule has 5 heteroatoms. The Bertz CT molecular complexity index is 578. The number of rotatable bonds is 4. The van der Waals surface area contributed by atoms with Crippen LogP contribution in [0.2, 0.25) is 0 Å². The van der Waals surface area contributed by atoms with E-state index in [0.717, 1.165) is 16.8 Å². The maximum Gasteiger partial charge on any atom is 0.123 e. The molecule has 0 radical (unpaired) electrons. The average Bonchev–Trinajstić information content (AvgIpc) is 2.67. The predicted molar refractivity (Wildman–Crippen MR) is 73.0 cm³/mol. The second-order valence-electron chi connectivity index (χ2n) is 4.76. The maximum absolute atomic E-state index is 9.72. The van der Waals surface area contributed by atoms with Gasteiger partial charge in [-0.3, -0.25) is 4.68 Å². The van der Waals surface area contributed by atoms with Gasteiger partial charge < -0.3 is 15.5 Å². The first-order valence-electron chi connectivity index (χ1n) is 6.21. The molecule has 0 aliphatic rings. The van der Waals surface area contributed by atoms with Crippen LogP contribution in [0, 0.1) is 6.92 Å². The summed E-state index contributed by atoms with van der Waals surface area (Å²) in [5.74, 6) is 0.167. The largest absolute Gasteiger partial charge is 0.508 e. The Labute approximate surface area is 112 Å². The van der Waals surface area contributed by atoms with Gasteiger partial charge in [0.15, 0.2) is 0 Å². The molecular formula is C14H19N3O2. The fourth-order valence-corrected chi connectivity index (χ4v) is 2.12. The lowest BCUT2D eigenvalue weighted by atomic mass is 10.1. The van der Waals surface area contributed by atoms with E-state index in [4.69, 9.17) is 0 Å². The molecule has 2 rings (SSSR count). The summed E-state index contributed by atoms with van der Waals surface area (Å²) >= 11 is 0. The van der Waals surface area contributed by atoms with Crippen molar-refractivity contribution in [3.8, 4) is 11.5 Å². The number of nitrogens with zero attached hydrogens (tertiary/aromatic N) is 2. The molecule has 0 fully saturated rings. The zero-order chi connectivity index (χ0) is 14.0. The number of aryl methyl sites for hydroxylation is 2. The van der Waals surface area contributed by atoms with E-state index in [1.54, 1.807) is 16.8 Å². The van der Waals surface area contributed by atoms with E-state index < -0.39 is 0 Å². The van der Waals surface area contributed by atoms with Crippen LogP contribution >= 0.6 is 0 Å². The quantitative estimate of drug-likeness (QED) is 0.787. The smallest absolute Gasteiger partial charge is 0.123 e. The summed E-state index contributed by atoms with van der Waals surface area (Å²) in [6.07, 6.45) is 1.99. The topological polar surface area (TPSA) is 70.3 Å². The summed E-state index contributed by atoms with van der Waals surface area (Å²) in [6, 6.07) is 4.76. The van der Waals surface area contributed by atoms with Crippen LogP contribution in [-0.2, 0) is 13.6 Å². The van der Waals surface area contributed by atoms with Crippen molar-refractivity contribution in [2.24, 2.45) is 7.05 Å². The van der Waals surface area contributed by atoms with Crippen molar-refractivity contribution in [3.63, 3.8) is 0 Å². The molecule has 102 valence electrons. The number of hydrogen-bond acceptors (Lipinski definition) is 4. The molecule has 3 N–H and O–H groups in total. The minimum atomic E-state index is 0.0670. The molecule has 1 heterocycles. The first-order valence-corrected chi connectivity index (χ1v) is 6.21. The molecule has 0 aliphatic heterocycles. The molecule has 1 aromatic heterocycles. The van der Waals surface area contributed by atoms with E-state index in [2.05, 4.69) is 17.3 Å². The highest BCUT2D eigenvalue weighted by Crippen LogP contribution is 2.23. The summed E-state index contributed by atoms with van der Waals surface area (Å²) in [4.78, 5) is 0. The van der Waals surface area contributed by atoms with Gasteiger partial charge in [0.1, 0.15) is 11.5 Å². The van der Waals surface area contributed by atoms with Gasteiger partial charge in [0.25, 0.3) is 0 Å². The van der Waals surface area contributed by atoms with Gasteiger partial charge >= 0.3 is 0 Å². The Morgan fingerprint density at radius 2 is 2.11 bits per heavy atom. The molecule has 1 unspecified atom stereocenters. The summed E-state index contributed by atoms with van der Waals surface area (Å²) in [5.41, 5.74) is 2.89. The molecule has 0 aliphatic carbocycles. The van der Waals surface area contributed by atoms with Gasteiger partial charge in [0.2, 0.25) is 0 Å². The van der Waals surface area contributed by atoms with Gasteiger partial charge in [-0.2, -0.15) is 5.10 Å². The van der Waals surface area contributed by atoms with Crippen LogP contribution in [0.25, 0.3) is 0 Å². The van der Waals surface area contributed by atoms with E-state index in [9.17, 15) is 10.2 Å². The number of aromatic nitrogens is 2. The highest BCUT2D eigenvalue weighted by atomic mass is 16.3. The number of nitrogens with one attached hydrogen (secondary N) is 1. The zero-order valence-electron chi connectivity index (χ0n) is 11.4. The number of aromatic hydroxyl groups is 2. The zero-order valence-corrected chi connectivity index (χ0v) is 11.4. The van der Waals surface area contributed by atoms with Crippen molar-refractivity contribution < 1.29 is 10.2 Å². The fraction of sp³-hybridized carbons (Fsp3) is 0.357. The monoisotopic (exact) mass is 261 g/mol. The molecular weight excluding hydrogens is 242 g/mol. The Kier molecular flexibility index (Phi) is 3.76. The number of phenols is 2. The highest BCUT2D eigenvalue weighted by Gasteiger charge is 2.12. The Morgan fingerprint density at radius 1 is 1.37 bits per heavy atom. The molecule has 0 bridgehead atoms. The molecule has 0 saturated heterocycles. The summed E-state index contributed by atoms with van der Waals surface area (Å²) in [7, 11) is 1.90. The summed E-state index contributed by atoms with van der Waals surface area (Å²) in [5, 5.41) is 26.6. The number of phenolic OH excluding ortho intramolecular Hbond substituents is 2. The normalized spacial score (nSPS) is 12.6. The summed E-state index contributed by atoms with van der Waals surface area (Å²) in [6.45, 7) is 4.56. The highest BCUT2D eigenvalue weighted by molar-refractivity contribution is 5.38. The van der Waals surface area contributed by atoms with Crippen molar-refractivity contribution in [1.82, 2.24) is 15.1 Å². The van der Waals surface area contributed by atoms with Gasteiger partial charge in [-0.05, 0) is 19.9 Å². The van der Waals surface area contributed by atoms with Crippen LogP contribution in [0.5, 0.6) is 11.5 Å². The second kappa shape index (κ2) is 5.32. The van der Waals surface area contributed by atoms with Crippen LogP contribution in [0.1, 0.15) is 29.8 Å². The van der Waals surface area contributed by atoms with Crippen LogP contribution in [0.4, 0.5) is 0 Å². The SMILES string of the molecule is Cc1nn(C)cc1C(C)NCc1ccc(O)cc1O. The van der Waals surface area contributed by atoms with Crippen molar-refractivity contribution in [2.45, 2.75) is 26.4 Å². The van der Waals surface area contributed by atoms with E-state index >= 15 is 0 Å². The van der Waals surface area contributed by atoms with Crippen LogP contribution in [-0.4, -0.2) is 20.0 Å². The lowest BCUT2D eigenvalue weighted by molar-refractivity contribution is 0.441. The molecule has 5 nitrogen and oxygen atoms in total. The molecule has 1 aromatic carbocycles. The maximum atomic E-state index is 9.72. The van der Waals surface area contributed by atoms with Gasteiger partial charge in [-0.1, -0.05) is 6.07 Å². The van der Waals surface area contributed by atoms with Crippen molar-refractivity contribution in [3.05, 3.63) is 41.2 Å². The molecule has 0 spiro atoms. The number of hydrogen-bond donors (Lipinski definition) is 3. The summed E-state index contributed by atoms with van der Waals surface area (Å²) < 4.78 is 1.79. The van der Waals surface area contributed by atoms with E-state index in [-0.39, 0.29) is 17.5 Å². The van der Waals surface area contributed by atoms with E-state index in [1.165, 1.54) is 6.07 Å². The first kappa shape index (κ1) is 13.4. The molecule has 2 aromatic rings. The average molecular weight is 261 g/mol. The molecule has 0 amide bonds.